The minimum Gasteiger partial charge on any atom is -0.485 e. The van der Waals surface area contributed by atoms with E-state index in [1.807, 2.05) is 0 Å². The van der Waals surface area contributed by atoms with Crippen molar-refractivity contribution in [3.8, 4) is 5.75 Å². The summed E-state index contributed by atoms with van der Waals surface area (Å²) in [5, 5.41) is 5.78. The standard InChI is InChI=1S/C17H17F4N3O2/c1-4-24-15(21)11(12(23-24)14(19)20)16(25)22-10-6-5-9(18)8-7-17(2,3)26-13(8)10/h5-6,14H,4,7H2,1-3H3,(H,22,25). The first-order valence-corrected chi connectivity index (χ1v) is 8.00. The summed E-state index contributed by atoms with van der Waals surface area (Å²) >= 11 is 0. The van der Waals surface area contributed by atoms with Gasteiger partial charge in [-0.2, -0.15) is 9.49 Å². The molecule has 1 aliphatic rings. The molecular formula is C17H17F4N3O2. The van der Waals surface area contributed by atoms with Gasteiger partial charge >= 0.3 is 0 Å². The molecule has 0 saturated carbocycles. The predicted octanol–water partition coefficient (Wildman–Crippen LogP) is 4.08. The van der Waals surface area contributed by atoms with Crippen molar-refractivity contribution in [1.82, 2.24) is 9.78 Å². The molecule has 0 fully saturated rings. The van der Waals surface area contributed by atoms with Crippen molar-refractivity contribution < 1.29 is 27.1 Å². The maximum atomic E-state index is 14.3. The highest BCUT2D eigenvalue weighted by atomic mass is 19.3. The van der Waals surface area contributed by atoms with Gasteiger partial charge < -0.3 is 10.1 Å². The number of halogens is 4. The lowest BCUT2D eigenvalue weighted by atomic mass is 10.0. The zero-order valence-electron chi connectivity index (χ0n) is 14.4. The monoisotopic (exact) mass is 371 g/mol. The Morgan fingerprint density at radius 1 is 1.38 bits per heavy atom. The van der Waals surface area contributed by atoms with E-state index >= 15 is 0 Å². The number of ether oxygens (including phenoxy) is 1. The van der Waals surface area contributed by atoms with Crippen molar-refractivity contribution >= 4 is 11.6 Å². The van der Waals surface area contributed by atoms with E-state index in [0.717, 1.165) is 6.07 Å². The summed E-state index contributed by atoms with van der Waals surface area (Å²) in [5.74, 6) is -2.63. The summed E-state index contributed by atoms with van der Waals surface area (Å²) in [6.45, 7) is 4.99. The minimum atomic E-state index is -3.12. The summed E-state index contributed by atoms with van der Waals surface area (Å²) in [4.78, 5) is 12.4. The van der Waals surface area contributed by atoms with Crippen LogP contribution in [0.5, 0.6) is 5.75 Å². The number of carbonyl (C=O) groups is 1. The van der Waals surface area contributed by atoms with Crippen molar-refractivity contribution in [2.45, 2.75) is 45.8 Å². The fourth-order valence-electron chi connectivity index (χ4n) is 2.94. The second kappa shape index (κ2) is 6.30. The molecule has 2 aromatic rings. The molecule has 1 amide bonds. The van der Waals surface area contributed by atoms with Crippen LogP contribution in [-0.4, -0.2) is 21.3 Å². The van der Waals surface area contributed by atoms with E-state index in [9.17, 15) is 22.4 Å². The molecule has 1 aromatic heterocycles. The fourth-order valence-corrected chi connectivity index (χ4v) is 2.94. The summed E-state index contributed by atoms with van der Waals surface area (Å²) < 4.78 is 60.9. The second-order valence-electron chi connectivity index (χ2n) is 6.56. The molecule has 1 aliphatic heterocycles. The van der Waals surface area contributed by atoms with Crippen molar-refractivity contribution in [2.24, 2.45) is 0 Å². The number of fused-ring (bicyclic) bond motifs is 1. The number of amides is 1. The number of anilines is 1. The SMILES string of the molecule is CCn1nc(C(F)F)c(C(=O)Nc2ccc(F)c3c2OC(C)(C)C3)c1F. The third-order valence-corrected chi connectivity index (χ3v) is 4.08. The van der Waals surface area contributed by atoms with E-state index < -0.39 is 41.0 Å². The van der Waals surface area contributed by atoms with Gasteiger partial charge in [0, 0.05) is 18.5 Å². The number of aryl methyl sites for hydroxylation is 1. The molecule has 1 aromatic carbocycles. The molecule has 3 rings (SSSR count). The van der Waals surface area contributed by atoms with Crippen LogP contribution in [0.4, 0.5) is 23.2 Å². The Kier molecular flexibility index (Phi) is 4.41. The highest BCUT2D eigenvalue weighted by molar-refractivity contribution is 6.06. The van der Waals surface area contributed by atoms with E-state index in [-0.39, 0.29) is 30.0 Å². The minimum absolute atomic E-state index is 0.0118. The number of hydrogen-bond donors (Lipinski definition) is 1. The Labute approximate surface area is 146 Å². The van der Waals surface area contributed by atoms with Crippen molar-refractivity contribution in [1.29, 1.82) is 0 Å². The van der Waals surface area contributed by atoms with Gasteiger partial charge in [-0.25, -0.2) is 17.9 Å². The molecule has 26 heavy (non-hydrogen) atoms. The Morgan fingerprint density at radius 3 is 2.69 bits per heavy atom. The van der Waals surface area contributed by atoms with E-state index in [2.05, 4.69) is 10.4 Å². The maximum Gasteiger partial charge on any atom is 0.283 e. The van der Waals surface area contributed by atoms with Crippen LogP contribution in [0.3, 0.4) is 0 Å². The van der Waals surface area contributed by atoms with Crippen molar-refractivity contribution in [2.75, 3.05) is 5.32 Å². The summed E-state index contributed by atoms with van der Waals surface area (Å²) in [7, 11) is 0. The summed E-state index contributed by atoms with van der Waals surface area (Å²) in [6.07, 6.45) is -2.84. The number of alkyl halides is 2. The second-order valence-corrected chi connectivity index (χ2v) is 6.56. The van der Waals surface area contributed by atoms with Crippen molar-refractivity contribution in [3.63, 3.8) is 0 Å². The maximum absolute atomic E-state index is 14.3. The van der Waals surface area contributed by atoms with Crippen LogP contribution in [0.15, 0.2) is 12.1 Å². The number of rotatable bonds is 4. The molecule has 0 unspecified atom stereocenters. The van der Waals surface area contributed by atoms with Gasteiger partial charge in [-0.15, -0.1) is 0 Å². The van der Waals surface area contributed by atoms with Gasteiger partial charge in [0.05, 0.1) is 5.69 Å². The molecule has 0 radical (unpaired) electrons. The smallest absolute Gasteiger partial charge is 0.283 e. The number of hydrogen-bond acceptors (Lipinski definition) is 3. The van der Waals surface area contributed by atoms with Gasteiger partial charge in [0.1, 0.15) is 28.4 Å². The van der Waals surface area contributed by atoms with Gasteiger partial charge in [0.2, 0.25) is 5.95 Å². The molecule has 5 nitrogen and oxygen atoms in total. The number of nitrogens with zero attached hydrogens (tertiary/aromatic N) is 2. The Bertz CT molecular complexity index is 877. The quantitative estimate of drug-likeness (QED) is 0.824. The van der Waals surface area contributed by atoms with Gasteiger partial charge in [-0.05, 0) is 32.9 Å². The number of aromatic nitrogens is 2. The molecule has 0 bridgehead atoms. The van der Waals surface area contributed by atoms with E-state index in [4.69, 9.17) is 4.74 Å². The summed E-state index contributed by atoms with van der Waals surface area (Å²) in [6, 6.07) is 2.39. The van der Waals surface area contributed by atoms with E-state index in [0.29, 0.717) is 4.68 Å². The lowest BCUT2D eigenvalue weighted by Crippen LogP contribution is -2.25. The van der Waals surface area contributed by atoms with Crippen molar-refractivity contribution in [3.05, 3.63) is 40.7 Å². The molecule has 140 valence electrons. The first-order valence-electron chi connectivity index (χ1n) is 8.00. The molecule has 0 aliphatic carbocycles. The molecule has 0 spiro atoms. The number of nitrogens with one attached hydrogen (secondary N) is 1. The van der Waals surface area contributed by atoms with Crippen LogP contribution >= 0.6 is 0 Å². The van der Waals surface area contributed by atoms with Gasteiger partial charge in [0.15, 0.2) is 0 Å². The highest BCUT2D eigenvalue weighted by Gasteiger charge is 2.35. The fraction of sp³-hybridized carbons (Fsp3) is 0.412. The van der Waals surface area contributed by atoms with Crippen LogP contribution in [0, 0.1) is 11.8 Å². The van der Waals surface area contributed by atoms with Crippen LogP contribution in [0.25, 0.3) is 0 Å². The lowest BCUT2D eigenvalue weighted by molar-refractivity contribution is 0.1000. The largest absolute Gasteiger partial charge is 0.485 e. The number of carbonyl (C=O) groups excluding carboxylic acids is 1. The zero-order chi connectivity index (χ0) is 19.2. The first kappa shape index (κ1) is 18.2. The predicted molar refractivity (Wildman–Crippen MR) is 85.6 cm³/mol. The molecular weight excluding hydrogens is 354 g/mol. The molecule has 9 heteroatoms. The van der Waals surface area contributed by atoms with Crippen LogP contribution in [-0.2, 0) is 13.0 Å². The average Bonchev–Trinajstić information content (AvgIpc) is 3.07. The Morgan fingerprint density at radius 2 is 2.08 bits per heavy atom. The highest BCUT2D eigenvalue weighted by Crippen LogP contribution is 2.42. The van der Waals surface area contributed by atoms with Gasteiger partial charge in [0.25, 0.3) is 12.3 Å². The van der Waals surface area contributed by atoms with E-state index in [1.54, 1.807) is 13.8 Å². The van der Waals surface area contributed by atoms with E-state index in [1.165, 1.54) is 13.0 Å². The summed E-state index contributed by atoms with van der Waals surface area (Å²) in [5.41, 5.74) is -2.11. The third kappa shape index (κ3) is 3.02. The molecule has 0 saturated heterocycles. The zero-order valence-corrected chi connectivity index (χ0v) is 14.4. The van der Waals surface area contributed by atoms with Gasteiger partial charge in [-0.3, -0.25) is 4.79 Å². The molecule has 0 atom stereocenters. The average molecular weight is 371 g/mol. The topological polar surface area (TPSA) is 56.2 Å². The van der Waals surface area contributed by atoms with Crippen LogP contribution in [0.2, 0.25) is 0 Å². The molecule has 1 N–H and O–H groups in total. The number of benzene rings is 1. The normalized spacial score (nSPS) is 15.1. The molecule has 2 heterocycles. The van der Waals surface area contributed by atoms with Gasteiger partial charge in [-0.1, -0.05) is 0 Å². The van der Waals surface area contributed by atoms with Crippen LogP contribution in [0.1, 0.15) is 48.8 Å². The Hall–Kier alpha value is -2.58. The first-order chi connectivity index (χ1) is 12.1. The lowest BCUT2D eigenvalue weighted by Gasteiger charge is -2.18. The third-order valence-electron chi connectivity index (χ3n) is 4.08. The Balaban J connectivity index is 1.99. The van der Waals surface area contributed by atoms with Crippen LogP contribution < -0.4 is 10.1 Å².